The fraction of sp³-hybridized carbons (Fsp3) is 0. The first-order valence-electron chi connectivity index (χ1n) is 5.24. The van der Waals surface area contributed by atoms with Gasteiger partial charge in [0.2, 0.25) is 5.89 Å². The Bertz CT molecular complexity index is 719. The van der Waals surface area contributed by atoms with Gasteiger partial charge in [-0.2, -0.15) is 0 Å². The zero-order valence-corrected chi connectivity index (χ0v) is 10.7. The summed E-state index contributed by atoms with van der Waals surface area (Å²) < 4.78 is 19.5. The van der Waals surface area contributed by atoms with Crippen LogP contribution in [0.3, 0.4) is 0 Å². The van der Waals surface area contributed by atoms with Gasteiger partial charge in [-0.15, -0.1) is 0 Å². The lowest BCUT2D eigenvalue weighted by molar-refractivity contribution is 0.610. The van der Waals surface area contributed by atoms with Crippen LogP contribution in [0.25, 0.3) is 22.6 Å². The van der Waals surface area contributed by atoms with E-state index in [0.29, 0.717) is 32.7 Å². The maximum absolute atomic E-state index is 13.3. The molecule has 1 aromatic heterocycles. The van der Waals surface area contributed by atoms with Gasteiger partial charge in [-0.1, -0.05) is 15.9 Å². The first-order chi connectivity index (χ1) is 8.61. The molecule has 5 heteroatoms. The monoisotopic (exact) mass is 306 g/mol. The van der Waals surface area contributed by atoms with E-state index in [0.717, 1.165) is 0 Å². The van der Waals surface area contributed by atoms with Crippen molar-refractivity contribution in [2.75, 3.05) is 5.73 Å². The smallest absolute Gasteiger partial charge is 0.227 e. The number of fused-ring (bicyclic) bond motifs is 1. The average molecular weight is 307 g/mol. The molecule has 0 aliphatic heterocycles. The number of nitrogens with zero attached hydrogens (tertiary/aromatic N) is 1. The van der Waals surface area contributed by atoms with Gasteiger partial charge < -0.3 is 10.2 Å². The zero-order chi connectivity index (χ0) is 12.7. The van der Waals surface area contributed by atoms with Crippen LogP contribution in [0.15, 0.2) is 45.3 Å². The summed E-state index contributed by atoms with van der Waals surface area (Å²) >= 11 is 3.24. The molecule has 0 saturated carbocycles. The van der Waals surface area contributed by atoms with Crippen LogP contribution in [0.2, 0.25) is 0 Å². The number of halogens is 2. The summed E-state index contributed by atoms with van der Waals surface area (Å²) in [5.41, 5.74) is 8.13. The minimum Gasteiger partial charge on any atom is -0.436 e. The predicted octanol–water partition coefficient (Wildman–Crippen LogP) is 3.98. The summed E-state index contributed by atoms with van der Waals surface area (Å²) in [4.78, 5) is 4.30. The highest BCUT2D eigenvalue weighted by molar-refractivity contribution is 9.10. The Labute approximate surface area is 111 Å². The second-order valence-electron chi connectivity index (χ2n) is 3.90. The quantitative estimate of drug-likeness (QED) is 0.692. The van der Waals surface area contributed by atoms with Crippen molar-refractivity contribution in [3.63, 3.8) is 0 Å². The highest BCUT2D eigenvalue weighted by atomic mass is 79.9. The fourth-order valence-corrected chi connectivity index (χ4v) is 2.21. The Morgan fingerprint density at radius 2 is 2.00 bits per heavy atom. The molecule has 3 nitrogen and oxygen atoms in total. The number of hydrogen-bond donors (Lipinski definition) is 1. The number of benzene rings is 2. The van der Waals surface area contributed by atoms with E-state index in [1.54, 1.807) is 24.3 Å². The Morgan fingerprint density at radius 3 is 2.78 bits per heavy atom. The minimum atomic E-state index is -0.346. The van der Waals surface area contributed by atoms with Crippen LogP contribution in [0.4, 0.5) is 10.1 Å². The van der Waals surface area contributed by atoms with Gasteiger partial charge in [0.05, 0.1) is 0 Å². The molecule has 2 aromatic carbocycles. The van der Waals surface area contributed by atoms with E-state index in [2.05, 4.69) is 20.9 Å². The topological polar surface area (TPSA) is 52.0 Å². The van der Waals surface area contributed by atoms with Crippen LogP contribution in [0.5, 0.6) is 0 Å². The van der Waals surface area contributed by atoms with Gasteiger partial charge in [-0.05, 0) is 30.3 Å². The lowest BCUT2D eigenvalue weighted by atomic mass is 10.2. The molecule has 0 aliphatic carbocycles. The number of hydrogen-bond acceptors (Lipinski definition) is 3. The van der Waals surface area contributed by atoms with E-state index in [-0.39, 0.29) is 5.82 Å². The molecule has 2 N–H and O–H groups in total. The summed E-state index contributed by atoms with van der Waals surface area (Å²) in [6.07, 6.45) is 0. The van der Waals surface area contributed by atoms with Crippen molar-refractivity contribution in [2.24, 2.45) is 0 Å². The van der Waals surface area contributed by atoms with Crippen LogP contribution in [-0.2, 0) is 0 Å². The molecule has 0 fully saturated rings. The minimum absolute atomic E-state index is 0.346. The molecule has 0 spiro atoms. The maximum Gasteiger partial charge on any atom is 0.227 e. The molecule has 0 unspecified atom stereocenters. The van der Waals surface area contributed by atoms with Gasteiger partial charge in [0, 0.05) is 21.8 Å². The highest BCUT2D eigenvalue weighted by Gasteiger charge is 2.10. The molecule has 3 rings (SSSR count). The molecular weight excluding hydrogens is 299 g/mol. The molecule has 0 saturated heterocycles. The molecule has 0 amide bonds. The van der Waals surface area contributed by atoms with E-state index in [1.807, 2.05) is 0 Å². The van der Waals surface area contributed by atoms with Gasteiger partial charge in [-0.25, -0.2) is 9.37 Å². The van der Waals surface area contributed by atoms with Gasteiger partial charge in [0.25, 0.3) is 0 Å². The van der Waals surface area contributed by atoms with Crippen LogP contribution in [0, 0.1) is 5.82 Å². The van der Waals surface area contributed by atoms with Crippen LogP contribution in [-0.4, -0.2) is 4.98 Å². The van der Waals surface area contributed by atoms with Crippen molar-refractivity contribution in [3.05, 3.63) is 46.7 Å². The van der Waals surface area contributed by atoms with Crippen molar-refractivity contribution < 1.29 is 8.81 Å². The van der Waals surface area contributed by atoms with Crippen LogP contribution in [0.1, 0.15) is 0 Å². The Hall–Kier alpha value is -1.88. The SMILES string of the molecule is Nc1ccc2nc(-c3cc(F)cc(Br)c3)oc2c1. The summed E-state index contributed by atoms with van der Waals surface area (Å²) in [6.45, 7) is 0. The third kappa shape index (κ3) is 1.97. The molecular formula is C13H8BrFN2O. The molecule has 0 atom stereocenters. The number of oxazole rings is 1. The zero-order valence-electron chi connectivity index (χ0n) is 9.15. The van der Waals surface area contributed by atoms with Crippen molar-refractivity contribution in [1.82, 2.24) is 4.98 Å². The van der Waals surface area contributed by atoms with Gasteiger partial charge in [0.1, 0.15) is 11.3 Å². The third-order valence-electron chi connectivity index (χ3n) is 2.52. The number of nitrogen functional groups attached to an aromatic ring is 1. The first-order valence-corrected chi connectivity index (χ1v) is 6.04. The molecule has 0 bridgehead atoms. The molecule has 1 heterocycles. The van der Waals surface area contributed by atoms with Crippen molar-refractivity contribution in [3.8, 4) is 11.5 Å². The number of nitrogens with two attached hydrogens (primary N) is 1. The summed E-state index contributed by atoms with van der Waals surface area (Å²) in [5, 5.41) is 0. The largest absolute Gasteiger partial charge is 0.436 e. The molecule has 0 aliphatic rings. The number of anilines is 1. The van der Waals surface area contributed by atoms with E-state index >= 15 is 0 Å². The van der Waals surface area contributed by atoms with Gasteiger partial charge in [0.15, 0.2) is 5.58 Å². The van der Waals surface area contributed by atoms with E-state index in [1.165, 1.54) is 12.1 Å². The van der Waals surface area contributed by atoms with Crippen LogP contribution < -0.4 is 5.73 Å². The van der Waals surface area contributed by atoms with Crippen LogP contribution >= 0.6 is 15.9 Å². The van der Waals surface area contributed by atoms with Gasteiger partial charge in [-0.3, -0.25) is 0 Å². The molecule has 3 aromatic rings. The van der Waals surface area contributed by atoms with Crippen molar-refractivity contribution in [2.45, 2.75) is 0 Å². The Balaban J connectivity index is 2.19. The Kier molecular flexibility index (Phi) is 2.56. The lowest BCUT2D eigenvalue weighted by Crippen LogP contribution is -1.81. The maximum atomic E-state index is 13.3. The summed E-state index contributed by atoms with van der Waals surface area (Å²) in [5.74, 6) is 0.0249. The second kappa shape index (κ2) is 4.10. The molecule has 18 heavy (non-hydrogen) atoms. The van der Waals surface area contributed by atoms with E-state index in [4.69, 9.17) is 10.2 Å². The second-order valence-corrected chi connectivity index (χ2v) is 4.82. The van der Waals surface area contributed by atoms with E-state index < -0.39 is 0 Å². The third-order valence-corrected chi connectivity index (χ3v) is 2.98. The number of rotatable bonds is 1. The normalized spacial score (nSPS) is 11.0. The summed E-state index contributed by atoms with van der Waals surface area (Å²) in [7, 11) is 0. The summed E-state index contributed by atoms with van der Waals surface area (Å²) in [6, 6.07) is 9.71. The standard InChI is InChI=1S/C13H8BrFN2O/c14-8-3-7(4-9(15)5-8)13-17-11-2-1-10(16)6-12(11)18-13/h1-6H,16H2. The first kappa shape index (κ1) is 11.2. The Morgan fingerprint density at radius 1 is 1.17 bits per heavy atom. The molecule has 90 valence electrons. The lowest BCUT2D eigenvalue weighted by Gasteiger charge is -1.97. The molecule has 0 radical (unpaired) electrons. The van der Waals surface area contributed by atoms with E-state index in [9.17, 15) is 4.39 Å². The van der Waals surface area contributed by atoms with Crippen molar-refractivity contribution >= 4 is 32.7 Å². The predicted molar refractivity (Wildman–Crippen MR) is 71.5 cm³/mol. The average Bonchev–Trinajstić information content (AvgIpc) is 2.70. The highest BCUT2D eigenvalue weighted by Crippen LogP contribution is 2.28. The number of aromatic nitrogens is 1. The fourth-order valence-electron chi connectivity index (χ4n) is 1.74. The van der Waals surface area contributed by atoms with Gasteiger partial charge >= 0.3 is 0 Å². The van der Waals surface area contributed by atoms with Crippen molar-refractivity contribution in [1.29, 1.82) is 0 Å².